The molecule has 1 atom stereocenters. The molecule has 84 valence electrons. The van der Waals surface area contributed by atoms with E-state index in [1.165, 1.54) is 16.8 Å². The summed E-state index contributed by atoms with van der Waals surface area (Å²) in [5.74, 6) is 0.520. The molecular formula is C14H18N2. The smallest absolute Gasteiger partial charge is 0.273 e. The van der Waals surface area contributed by atoms with Crippen LogP contribution in [0.4, 0.5) is 5.69 Å². The van der Waals surface area contributed by atoms with E-state index >= 15 is 0 Å². The van der Waals surface area contributed by atoms with Gasteiger partial charge in [-0.3, -0.25) is 0 Å². The normalized spacial score (nSPS) is 23.4. The van der Waals surface area contributed by atoms with Gasteiger partial charge in [0.25, 0.3) is 5.54 Å². The summed E-state index contributed by atoms with van der Waals surface area (Å²) in [7, 11) is 2.06. The maximum Gasteiger partial charge on any atom is 0.273 e. The van der Waals surface area contributed by atoms with Gasteiger partial charge < -0.3 is 9.74 Å². The van der Waals surface area contributed by atoms with Crippen LogP contribution in [-0.4, -0.2) is 13.6 Å². The number of fused-ring (bicyclic) bond motifs is 1. The Morgan fingerprint density at radius 1 is 1.44 bits per heavy atom. The van der Waals surface area contributed by atoms with Gasteiger partial charge in [0.05, 0.1) is 5.56 Å². The molecule has 2 nitrogen and oxygen atoms in total. The number of rotatable bonds is 1. The molecular weight excluding hydrogens is 196 g/mol. The van der Waals surface area contributed by atoms with Crippen LogP contribution in [-0.2, 0) is 5.54 Å². The first-order chi connectivity index (χ1) is 7.48. The first kappa shape index (κ1) is 11.0. The molecule has 0 aromatic heterocycles. The molecule has 0 spiro atoms. The highest BCUT2D eigenvalue weighted by Crippen LogP contribution is 2.42. The topological polar surface area (TPSA) is 7.60 Å². The monoisotopic (exact) mass is 214 g/mol. The Balaban J connectivity index is 2.57. The van der Waals surface area contributed by atoms with Crippen LogP contribution in [0.5, 0.6) is 0 Å². The minimum Gasteiger partial charge on any atom is -0.366 e. The zero-order valence-corrected chi connectivity index (χ0v) is 10.4. The maximum atomic E-state index is 7.39. The van der Waals surface area contributed by atoms with Gasteiger partial charge in [0.2, 0.25) is 0 Å². The van der Waals surface area contributed by atoms with Gasteiger partial charge in [-0.15, -0.1) is 0 Å². The highest BCUT2D eigenvalue weighted by atomic mass is 15.2. The van der Waals surface area contributed by atoms with Crippen LogP contribution in [0.2, 0.25) is 0 Å². The third-order valence-electron chi connectivity index (χ3n) is 3.47. The fourth-order valence-corrected chi connectivity index (χ4v) is 2.40. The molecule has 1 unspecified atom stereocenters. The lowest BCUT2D eigenvalue weighted by Gasteiger charge is -2.12. The molecule has 0 fully saturated rings. The third-order valence-corrected chi connectivity index (χ3v) is 3.47. The predicted molar refractivity (Wildman–Crippen MR) is 67.8 cm³/mol. The highest BCUT2D eigenvalue weighted by Gasteiger charge is 2.43. The fourth-order valence-electron chi connectivity index (χ4n) is 2.40. The van der Waals surface area contributed by atoms with E-state index in [2.05, 4.69) is 48.8 Å². The molecule has 0 aliphatic carbocycles. The lowest BCUT2D eigenvalue weighted by atomic mass is 9.91. The van der Waals surface area contributed by atoms with Crippen molar-refractivity contribution in [2.24, 2.45) is 0 Å². The number of benzene rings is 1. The van der Waals surface area contributed by atoms with Crippen molar-refractivity contribution in [2.45, 2.75) is 32.2 Å². The van der Waals surface area contributed by atoms with Crippen LogP contribution >= 0.6 is 0 Å². The summed E-state index contributed by atoms with van der Waals surface area (Å²) < 4.78 is 0. The van der Waals surface area contributed by atoms with Crippen molar-refractivity contribution in [1.82, 2.24) is 0 Å². The standard InChI is InChI=1S/C14H18N2/c1-10(2)11-6-7-13-12(8-11)14(3,15-4)9-16(13)5/h6-8,10H,9H2,1-3,5H3. The van der Waals surface area contributed by atoms with Crippen molar-refractivity contribution in [3.05, 3.63) is 40.7 Å². The molecule has 0 N–H and O–H groups in total. The molecule has 0 radical (unpaired) electrons. The van der Waals surface area contributed by atoms with Gasteiger partial charge >= 0.3 is 0 Å². The van der Waals surface area contributed by atoms with Crippen LogP contribution in [0.1, 0.15) is 37.8 Å². The van der Waals surface area contributed by atoms with Gasteiger partial charge in [0, 0.05) is 19.7 Å². The highest BCUT2D eigenvalue weighted by molar-refractivity contribution is 5.64. The summed E-state index contributed by atoms with van der Waals surface area (Å²) >= 11 is 0. The Morgan fingerprint density at radius 3 is 2.69 bits per heavy atom. The number of hydrogen-bond donors (Lipinski definition) is 0. The van der Waals surface area contributed by atoms with Gasteiger partial charge in [-0.05, 0) is 23.6 Å². The van der Waals surface area contributed by atoms with Crippen molar-refractivity contribution in [3.8, 4) is 0 Å². The Kier molecular flexibility index (Phi) is 2.42. The first-order valence-electron chi connectivity index (χ1n) is 5.72. The molecule has 1 aromatic carbocycles. The lowest BCUT2D eigenvalue weighted by Crippen LogP contribution is -2.24. The second-order valence-electron chi connectivity index (χ2n) is 5.17. The predicted octanol–water partition coefficient (Wildman–Crippen LogP) is 3.39. The van der Waals surface area contributed by atoms with Crippen LogP contribution < -0.4 is 4.90 Å². The molecule has 0 saturated carbocycles. The molecule has 1 aromatic rings. The fraction of sp³-hybridized carbons (Fsp3) is 0.500. The van der Waals surface area contributed by atoms with Crippen molar-refractivity contribution in [2.75, 3.05) is 18.5 Å². The minimum absolute atomic E-state index is 0.366. The second-order valence-corrected chi connectivity index (χ2v) is 5.17. The Labute approximate surface area is 97.7 Å². The largest absolute Gasteiger partial charge is 0.366 e. The maximum absolute atomic E-state index is 7.39. The number of hydrogen-bond acceptors (Lipinski definition) is 1. The van der Waals surface area contributed by atoms with Crippen LogP contribution in [0.25, 0.3) is 4.85 Å². The molecule has 0 amide bonds. The lowest BCUT2D eigenvalue weighted by molar-refractivity contribution is 0.627. The van der Waals surface area contributed by atoms with Gasteiger partial charge in [-0.25, -0.2) is 6.57 Å². The van der Waals surface area contributed by atoms with E-state index in [9.17, 15) is 0 Å². The molecule has 16 heavy (non-hydrogen) atoms. The zero-order valence-electron chi connectivity index (χ0n) is 10.4. The van der Waals surface area contributed by atoms with Crippen LogP contribution in [0, 0.1) is 6.57 Å². The Morgan fingerprint density at radius 2 is 2.12 bits per heavy atom. The molecule has 2 rings (SSSR count). The van der Waals surface area contributed by atoms with Gasteiger partial charge in [0.15, 0.2) is 0 Å². The summed E-state index contributed by atoms with van der Waals surface area (Å²) in [6.45, 7) is 14.6. The summed E-state index contributed by atoms with van der Waals surface area (Å²) in [5, 5.41) is 0. The van der Waals surface area contributed by atoms with E-state index in [-0.39, 0.29) is 5.54 Å². The quantitative estimate of drug-likeness (QED) is 0.650. The van der Waals surface area contributed by atoms with Crippen LogP contribution in [0.3, 0.4) is 0 Å². The van der Waals surface area contributed by atoms with Gasteiger partial charge in [-0.1, -0.05) is 19.9 Å². The molecule has 0 saturated heterocycles. The third kappa shape index (κ3) is 1.48. The number of likely N-dealkylation sites (N-methyl/N-ethyl adjacent to an activating group) is 1. The first-order valence-corrected chi connectivity index (χ1v) is 5.72. The van der Waals surface area contributed by atoms with Crippen LogP contribution in [0.15, 0.2) is 18.2 Å². The molecule has 1 aliphatic rings. The molecule has 0 bridgehead atoms. The van der Waals surface area contributed by atoms with Gasteiger partial charge in [0.1, 0.15) is 6.54 Å². The minimum atomic E-state index is -0.366. The van der Waals surface area contributed by atoms with E-state index in [1.807, 2.05) is 6.92 Å². The summed E-state index contributed by atoms with van der Waals surface area (Å²) in [5.41, 5.74) is 3.36. The van der Waals surface area contributed by atoms with Crippen molar-refractivity contribution in [3.63, 3.8) is 0 Å². The number of anilines is 1. The summed E-state index contributed by atoms with van der Waals surface area (Å²) in [6, 6.07) is 6.54. The Bertz CT molecular complexity index is 456. The SMILES string of the molecule is [C-]#[N+]C1(C)CN(C)c2ccc(C(C)C)cc21. The van der Waals surface area contributed by atoms with E-state index in [0.717, 1.165) is 6.54 Å². The van der Waals surface area contributed by atoms with Crippen molar-refractivity contribution < 1.29 is 0 Å². The van der Waals surface area contributed by atoms with Crippen molar-refractivity contribution in [1.29, 1.82) is 0 Å². The average molecular weight is 214 g/mol. The molecule has 1 aliphatic heterocycles. The van der Waals surface area contributed by atoms with E-state index in [1.54, 1.807) is 0 Å². The molecule has 2 heteroatoms. The average Bonchev–Trinajstić information content (AvgIpc) is 2.52. The van der Waals surface area contributed by atoms with E-state index < -0.39 is 0 Å². The molecule has 1 heterocycles. The van der Waals surface area contributed by atoms with Gasteiger partial charge in [-0.2, -0.15) is 0 Å². The van der Waals surface area contributed by atoms with E-state index in [0.29, 0.717) is 5.92 Å². The summed E-state index contributed by atoms with van der Waals surface area (Å²) in [4.78, 5) is 6.00. The summed E-state index contributed by atoms with van der Waals surface area (Å²) in [6.07, 6.45) is 0. The zero-order chi connectivity index (χ0) is 11.9. The number of nitrogens with zero attached hydrogens (tertiary/aromatic N) is 2. The van der Waals surface area contributed by atoms with Crippen molar-refractivity contribution >= 4 is 5.69 Å². The second kappa shape index (κ2) is 3.52. The Hall–Kier alpha value is -1.49. The van der Waals surface area contributed by atoms with E-state index in [4.69, 9.17) is 6.57 Å².